The van der Waals surface area contributed by atoms with Gasteiger partial charge in [0.25, 0.3) is 0 Å². The van der Waals surface area contributed by atoms with E-state index in [2.05, 4.69) is 13.2 Å². The molecule has 6 nitrogen and oxygen atoms in total. The fraction of sp³-hybridized carbons (Fsp3) is 0.143. The van der Waals surface area contributed by atoms with Crippen molar-refractivity contribution in [3.05, 3.63) is 84.0 Å². The van der Waals surface area contributed by atoms with E-state index in [1.54, 1.807) is 14.2 Å². The molecule has 0 fully saturated rings. The predicted molar refractivity (Wildman–Crippen MR) is 131 cm³/mol. The summed E-state index contributed by atoms with van der Waals surface area (Å²) >= 11 is 0. The number of nitriles is 2. The van der Waals surface area contributed by atoms with Crippen molar-refractivity contribution < 1.29 is 18.3 Å². The van der Waals surface area contributed by atoms with Crippen molar-refractivity contribution in [1.29, 1.82) is 10.5 Å². The average molecular weight is 450 g/mol. The molecule has 3 aromatic carbocycles. The van der Waals surface area contributed by atoms with E-state index in [0.717, 1.165) is 21.9 Å². The van der Waals surface area contributed by atoms with Crippen LogP contribution in [0.3, 0.4) is 0 Å². The van der Waals surface area contributed by atoms with Crippen LogP contribution in [0.15, 0.2) is 70.5 Å². The van der Waals surface area contributed by atoms with E-state index in [0.29, 0.717) is 35.5 Å². The molecule has 4 aromatic rings. The fourth-order valence-corrected chi connectivity index (χ4v) is 3.93. The highest BCUT2D eigenvalue weighted by atomic mass is 16.5. The minimum atomic E-state index is 0.183. The van der Waals surface area contributed by atoms with E-state index in [1.807, 2.05) is 48.6 Å². The van der Waals surface area contributed by atoms with Crippen LogP contribution in [0, 0.1) is 22.7 Å². The summed E-state index contributed by atoms with van der Waals surface area (Å²) in [5.41, 5.74) is 3.83. The zero-order valence-electron chi connectivity index (χ0n) is 19.0. The molecule has 0 aliphatic carbocycles. The van der Waals surface area contributed by atoms with E-state index in [9.17, 15) is 10.5 Å². The number of rotatable bonds is 6. The number of benzene rings is 3. The minimum Gasteiger partial charge on any atom is -0.493 e. The van der Waals surface area contributed by atoms with E-state index in [1.165, 1.54) is 12.1 Å². The standard InChI is InChI=1S/C28H22N2O4/c1-5-7-17-9-21-22-10-18(8-6-2)12-26(32-4)28(22)34-24-14-20(16-30)19(15-29)13-23(24)33-27(21)25(11-17)31-3/h5-6,9-14H,1-2,7-8H2,3-4H3. The van der Waals surface area contributed by atoms with Crippen LogP contribution in [0.1, 0.15) is 22.3 Å². The van der Waals surface area contributed by atoms with Crippen molar-refractivity contribution >= 4 is 33.1 Å². The van der Waals surface area contributed by atoms with Crippen LogP contribution < -0.4 is 9.47 Å². The van der Waals surface area contributed by atoms with Gasteiger partial charge in [-0.15, -0.1) is 13.2 Å². The first kappa shape index (κ1) is 22.5. The Kier molecular flexibility index (Phi) is 6.25. The molecule has 0 atom stereocenters. The second-order valence-electron chi connectivity index (χ2n) is 7.61. The first-order valence-electron chi connectivity index (χ1n) is 10.5. The van der Waals surface area contributed by atoms with Crippen molar-refractivity contribution in [2.45, 2.75) is 12.8 Å². The Bertz CT molecular complexity index is 1470. The van der Waals surface area contributed by atoms with Crippen molar-refractivity contribution in [1.82, 2.24) is 0 Å². The minimum absolute atomic E-state index is 0.183. The highest BCUT2D eigenvalue weighted by Gasteiger charge is 2.16. The first-order valence-corrected chi connectivity index (χ1v) is 10.5. The summed E-state index contributed by atoms with van der Waals surface area (Å²) in [4.78, 5) is 0. The molecule has 0 aliphatic rings. The second-order valence-corrected chi connectivity index (χ2v) is 7.61. The van der Waals surface area contributed by atoms with Gasteiger partial charge in [-0.25, -0.2) is 0 Å². The molecular weight excluding hydrogens is 428 g/mol. The summed E-state index contributed by atoms with van der Waals surface area (Å²) < 4.78 is 24.0. The normalized spacial score (nSPS) is 10.5. The van der Waals surface area contributed by atoms with Gasteiger partial charge in [-0.05, 0) is 48.2 Å². The Hall–Kier alpha value is -4.68. The molecule has 0 bridgehead atoms. The number of allylic oxidation sites excluding steroid dienone is 2. The quantitative estimate of drug-likeness (QED) is 0.304. The molecule has 1 aromatic heterocycles. The third kappa shape index (κ3) is 3.94. The molecule has 0 unspecified atom stereocenters. The third-order valence-corrected chi connectivity index (χ3v) is 5.47. The molecule has 4 rings (SSSR count). The molecule has 34 heavy (non-hydrogen) atoms. The molecule has 0 spiro atoms. The summed E-state index contributed by atoms with van der Waals surface area (Å²) in [5.74, 6) is 1.04. The maximum Gasteiger partial charge on any atom is 0.177 e. The summed E-state index contributed by atoms with van der Waals surface area (Å²) in [6, 6.07) is 14.9. The first-order chi connectivity index (χ1) is 16.6. The summed E-state index contributed by atoms with van der Waals surface area (Å²) in [5, 5.41) is 20.5. The lowest BCUT2D eigenvalue weighted by atomic mass is 10.0. The fourth-order valence-electron chi connectivity index (χ4n) is 3.93. The van der Waals surface area contributed by atoms with Crippen LogP contribution >= 0.6 is 0 Å². The Morgan fingerprint density at radius 3 is 1.47 bits per heavy atom. The maximum absolute atomic E-state index is 9.53. The Labute approximate surface area is 196 Å². The smallest absolute Gasteiger partial charge is 0.177 e. The van der Waals surface area contributed by atoms with E-state index in [4.69, 9.17) is 18.3 Å². The van der Waals surface area contributed by atoms with Crippen molar-refractivity contribution in [2.24, 2.45) is 0 Å². The molecule has 0 saturated carbocycles. The summed E-state index contributed by atoms with van der Waals surface area (Å²) in [6.07, 6.45) is 4.89. The summed E-state index contributed by atoms with van der Waals surface area (Å²) in [6.45, 7) is 7.70. The van der Waals surface area contributed by atoms with Gasteiger partial charge in [0.15, 0.2) is 33.8 Å². The molecule has 168 valence electrons. The highest BCUT2D eigenvalue weighted by Crippen LogP contribution is 2.38. The number of hydrogen-bond donors (Lipinski definition) is 0. The number of hydrogen-bond acceptors (Lipinski definition) is 6. The van der Waals surface area contributed by atoms with Crippen LogP contribution in [0.2, 0.25) is 0 Å². The lowest BCUT2D eigenvalue weighted by molar-refractivity contribution is 0.409. The lowest BCUT2D eigenvalue weighted by Gasteiger charge is -2.12. The highest BCUT2D eigenvalue weighted by molar-refractivity contribution is 6.06. The van der Waals surface area contributed by atoms with Gasteiger partial charge in [0.1, 0.15) is 12.1 Å². The van der Waals surface area contributed by atoms with E-state index in [-0.39, 0.29) is 22.3 Å². The monoisotopic (exact) mass is 450 g/mol. The van der Waals surface area contributed by atoms with Gasteiger partial charge in [-0.2, -0.15) is 10.5 Å². The van der Waals surface area contributed by atoms with Gasteiger partial charge in [0.05, 0.1) is 25.3 Å². The summed E-state index contributed by atoms with van der Waals surface area (Å²) in [7, 11) is 3.14. The van der Waals surface area contributed by atoms with Crippen LogP contribution in [-0.4, -0.2) is 14.2 Å². The van der Waals surface area contributed by atoms with Crippen molar-refractivity contribution in [3.63, 3.8) is 0 Å². The zero-order chi connectivity index (χ0) is 24.2. The van der Waals surface area contributed by atoms with Gasteiger partial charge in [0, 0.05) is 22.9 Å². The molecule has 0 radical (unpaired) electrons. The van der Waals surface area contributed by atoms with Crippen molar-refractivity contribution in [2.75, 3.05) is 14.2 Å². The second kappa shape index (κ2) is 9.44. The zero-order valence-corrected chi connectivity index (χ0v) is 19.0. The van der Waals surface area contributed by atoms with Gasteiger partial charge in [-0.3, -0.25) is 0 Å². The Morgan fingerprint density at radius 1 is 0.735 bits per heavy atom. The largest absolute Gasteiger partial charge is 0.493 e. The molecule has 0 aliphatic heterocycles. The molecular formula is C28H22N2O4. The molecule has 6 heteroatoms. The topological polar surface area (TPSA) is 92.3 Å². The molecule has 0 N–H and O–H groups in total. The number of fused-ring (bicyclic) bond motifs is 4. The van der Waals surface area contributed by atoms with Gasteiger partial charge in [-0.1, -0.05) is 12.2 Å². The van der Waals surface area contributed by atoms with Gasteiger partial charge in [0.2, 0.25) is 0 Å². The van der Waals surface area contributed by atoms with E-state index < -0.39 is 0 Å². The van der Waals surface area contributed by atoms with Crippen LogP contribution in [0.5, 0.6) is 11.5 Å². The third-order valence-electron chi connectivity index (χ3n) is 5.47. The SMILES string of the molecule is C=CCc1cc(OC)c2oc3cc(C#N)c(C#N)cc3oc3c(OC)cc(CC=C)cc3c2c1. The lowest BCUT2D eigenvalue weighted by Crippen LogP contribution is -1.93. The van der Waals surface area contributed by atoms with Crippen LogP contribution in [0.4, 0.5) is 0 Å². The van der Waals surface area contributed by atoms with Crippen LogP contribution in [-0.2, 0) is 12.8 Å². The molecule has 1 heterocycles. The Balaban J connectivity index is 2.35. The van der Waals surface area contributed by atoms with Gasteiger partial charge < -0.3 is 18.3 Å². The Morgan fingerprint density at radius 2 is 1.15 bits per heavy atom. The predicted octanol–water partition coefficient (Wildman–Crippen LogP) is 6.67. The molecule has 0 saturated heterocycles. The number of ether oxygens (including phenoxy) is 2. The van der Waals surface area contributed by atoms with E-state index >= 15 is 0 Å². The maximum atomic E-state index is 9.53. The number of nitrogens with zero attached hydrogens (tertiary/aromatic N) is 2. The number of methoxy groups -OCH3 is 2. The van der Waals surface area contributed by atoms with Crippen LogP contribution in [0.25, 0.3) is 33.1 Å². The van der Waals surface area contributed by atoms with Crippen molar-refractivity contribution in [3.8, 4) is 23.6 Å². The van der Waals surface area contributed by atoms with Gasteiger partial charge >= 0.3 is 0 Å². The average Bonchev–Trinajstić information content (AvgIpc) is 2.85. The molecule has 0 amide bonds.